The van der Waals surface area contributed by atoms with Gasteiger partial charge in [0.2, 0.25) is 5.95 Å². The topological polar surface area (TPSA) is 64.8 Å². The molecule has 1 aromatic heterocycles. The first kappa shape index (κ1) is 15.5. The number of nitrogens with one attached hydrogen (secondary N) is 1. The molecule has 118 valence electrons. The molecule has 0 atom stereocenters. The minimum absolute atomic E-state index is 0.502. The lowest BCUT2D eigenvalue weighted by Gasteiger charge is -2.18. The lowest BCUT2D eigenvalue weighted by atomic mass is 10.2. The van der Waals surface area contributed by atoms with Crippen molar-refractivity contribution in [1.29, 1.82) is 5.26 Å². The van der Waals surface area contributed by atoms with E-state index in [-0.39, 0.29) is 0 Å². The van der Waals surface area contributed by atoms with Crippen LogP contribution in [0.25, 0.3) is 0 Å². The Kier molecular flexibility index (Phi) is 4.68. The molecule has 0 saturated carbocycles. The third kappa shape index (κ3) is 3.87. The molecule has 3 aromatic rings. The van der Waals surface area contributed by atoms with Crippen molar-refractivity contribution in [1.82, 2.24) is 9.97 Å². The predicted octanol–water partition coefficient (Wildman–Crippen LogP) is 3.73. The van der Waals surface area contributed by atoms with Gasteiger partial charge in [0.25, 0.3) is 0 Å². The van der Waals surface area contributed by atoms with Crippen molar-refractivity contribution >= 4 is 17.5 Å². The van der Waals surface area contributed by atoms with E-state index in [1.165, 1.54) is 5.56 Å². The van der Waals surface area contributed by atoms with Gasteiger partial charge >= 0.3 is 0 Å². The fourth-order valence-corrected chi connectivity index (χ4v) is 2.36. The second-order valence-corrected chi connectivity index (χ2v) is 5.40. The van der Waals surface area contributed by atoms with Gasteiger partial charge in [0.15, 0.2) is 0 Å². The number of hydrogen-bond acceptors (Lipinski definition) is 5. The highest BCUT2D eigenvalue weighted by molar-refractivity contribution is 5.57. The highest BCUT2D eigenvalue weighted by Gasteiger charge is 2.06. The van der Waals surface area contributed by atoms with Gasteiger partial charge in [-0.15, -0.1) is 0 Å². The third-order valence-electron chi connectivity index (χ3n) is 3.54. The Morgan fingerprint density at radius 2 is 1.92 bits per heavy atom. The van der Waals surface area contributed by atoms with E-state index in [0.717, 1.165) is 18.1 Å². The molecule has 1 N–H and O–H groups in total. The van der Waals surface area contributed by atoms with Crippen molar-refractivity contribution in [2.75, 3.05) is 17.3 Å². The molecular weight excluding hydrogens is 298 g/mol. The van der Waals surface area contributed by atoms with Gasteiger partial charge in [-0.2, -0.15) is 10.2 Å². The van der Waals surface area contributed by atoms with Crippen LogP contribution in [0.2, 0.25) is 0 Å². The van der Waals surface area contributed by atoms with Gasteiger partial charge < -0.3 is 10.2 Å². The van der Waals surface area contributed by atoms with Crippen LogP contribution in [-0.2, 0) is 6.54 Å². The van der Waals surface area contributed by atoms with Gasteiger partial charge in [0.05, 0.1) is 11.6 Å². The third-order valence-corrected chi connectivity index (χ3v) is 3.54. The largest absolute Gasteiger partial charge is 0.355 e. The first-order chi connectivity index (χ1) is 11.7. The Hall–Kier alpha value is -3.39. The van der Waals surface area contributed by atoms with Gasteiger partial charge in [0.1, 0.15) is 5.82 Å². The molecule has 0 aliphatic heterocycles. The second-order valence-electron chi connectivity index (χ2n) is 5.40. The molecule has 0 saturated heterocycles. The van der Waals surface area contributed by atoms with Gasteiger partial charge in [-0.25, -0.2) is 4.98 Å². The van der Waals surface area contributed by atoms with E-state index in [4.69, 9.17) is 5.26 Å². The molecule has 0 amide bonds. The molecule has 0 bridgehead atoms. The van der Waals surface area contributed by atoms with Crippen molar-refractivity contribution in [3.05, 3.63) is 78.0 Å². The summed E-state index contributed by atoms with van der Waals surface area (Å²) in [6.45, 7) is 0.765. The first-order valence-corrected chi connectivity index (χ1v) is 7.60. The molecule has 0 spiro atoms. The number of benzene rings is 2. The van der Waals surface area contributed by atoms with Crippen LogP contribution in [-0.4, -0.2) is 17.0 Å². The van der Waals surface area contributed by atoms with Crippen LogP contribution in [0.4, 0.5) is 17.5 Å². The van der Waals surface area contributed by atoms with Crippen LogP contribution in [0.3, 0.4) is 0 Å². The Balaban J connectivity index is 1.75. The number of hydrogen-bond donors (Lipinski definition) is 1. The van der Waals surface area contributed by atoms with Crippen molar-refractivity contribution in [2.24, 2.45) is 0 Å². The second kappa shape index (κ2) is 7.25. The Labute approximate surface area is 141 Å². The molecule has 0 unspecified atom stereocenters. The summed E-state index contributed by atoms with van der Waals surface area (Å²) in [4.78, 5) is 10.9. The number of aromatic nitrogens is 2. The normalized spacial score (nSPS) is 10.0. The minimum atomic E-state index is 0.502. The lowest BCUT2D eigenvalue weighted by molar-refractivity contribution is 0.893. The average Bonchev–Trinajstić information content (AvgIpc) is 2.63. The van der Waals surface area contributed by atoms with Crippen molar-refractivity contribution in [2.45, 2.75) is 6.54 Å². The van der Waals surface area contributed by atoms with Crippen LogP contribution in [0.5, 0.6) is 0 Å². The highest BCUT2D eigenvalue weighted by Crippen LogP contribution is 2.18. The quantitative estimate of drug-likeness (QED) is 0.777. The monoisotopic (exact) mass is 315 g/mol. The number of rotatable bonds is 5. The molecule has 5 heteroatoms. The molecule has 5 nitrogen and oxygen atoms in total. The van der Waals surface area contributed by atoms with Crippen LogP contribution < -0.4 is 10.2 Å². The summed E-state index contributed by atoms with van der Waals surface area (Å²) in [5, 5.41) is 12.1. The van der Waals surface area contributed by atoms with Gasteiger partial charge in [-0.05, 0) is 29.8 Å². The van der Waals surface area contributed by atoms with Crippen LogP contribution in [0, 0.1) is 11.3 Å². The van der Waals surface area contributed by atoms with E-state index in [9.17, 15) is 0 Å². The standard InChI is InChI=1S/C19H17N5/c1-24(14-15-6-3-2-4-7-15)18-10-11-21-19(23-18)22-17-9-5-8-16(12-17)13-20/h2-12H,14H2,1H3,(H,21,22,23). The zero-order chi connectivity index (χ0) is 16.8. The van der Waals surface area contributed by atoms with Gasteiger partial charge in [0, 0.05) is 25.5 Å². The molecule has 0 radical (unpaired) electrons. The van der Waals surface area contributed by atoms with E-state index in [1.807, 2.05) is 43.4 Å². The fourth-order valence-electron chi connectivity index (χ4n) is 2.36. The molecule has 24 heavy (non-hydrogen) atoms. The van der Waals surface area contributed by atoms with Crippen LogP contribution in [0.1, 0.15) is 11.1 Å². The minimum Gasteiger partial charge on any atom is -0.355 e. The summed E-state index contributed by atoms with van der Waals surface area (Å²) in [7, 11) is 2.00. The summed E-state index contributed by atoms with van der Waals surface area (Å²) < 4.78 is 0. The van der Waals surface area contributed by atoms with Gasteiger partial charge in [-0.1, -0.05) is 36.4 Å². The molecular formula is C19H17N5. The van der Waals surface area contributed by atoms with Crippen molar-refractivity contribution in [3.8, 4) is 6.07 Å². The SMILES string of the molecule is CN(Cc1ccccc1)c1ccnc(Nc2cccc(C#N)c2)n1. The first-order valence-electron chi connectivity index (χ1n) is 7.60. The maximum absolute atomic E-state index is 8.97. The Morgan fingerprint density at radius 1 is 1.08 bits per heavy atom. The Bertz CT molecular complexity index is 855. The number of anilines is 3. The van der Waals surface area contributed by atoms with Crippen molar-refractivity contribution < 1.29 is 0 Å². The molecule has 0 aliphatic carbocycles. The lowest BCUT2D eigenvalue weighted by Crippen LogP contribution is -2.18. The number of nitriles is 1. The zero-order valence-corrected chi connectivity index (χ0v) is 13.3. The van der Waals surface area contributed by atoms with E-state index >= 15 is 0 Å². The summed E-state index contributed by atoms with van der Waals surface area (Å²) >= 11 is 0. The summed E-state index contributed by atoms with van der Waals surface area (Å²) in [5.41, 5.74) is 2.60. The van der Waals surface area contributed by atoms with Gasteiger partial charge in [-0.3, -0.25) is 0 Å². The summed E-state index contributed by atoms with van der Waals surface area (Å²) in [6.07, 6.45) is 1.72. The Morgan fingerprint density at radius 3 is 2.71 bits per heavy atom. The summed E-state index contributed by atoms with van der Waals surface area (Å²) in [6, 6.07) is 21.5. The molecule has 0 fully saturated rings. The highest BCUT2D eigenvalue weighted by atomic mass is 15.2. The van der Waals surface area contributed by atoms with E-state index < -0.39 is 0 Å². The van der Waals surface area contributed by atoms with Crippen molar-refractivity contribution in [3.63, 3.8) is 0 Å². The van der Waals surface area contributed by atoms with E-state index in [1.54, 1.807) is 18.3 Å². The van der Waals surface area contributed by atoms with E-state index in [2.05, 4.69) is 38.4 Å². The maximum Gasteiger partial charge on any atom is 0.229 e. The average molecular weight is 315 g/mol. The molecule has 0 aliphatic rings. The van der Waals surface area contributed by atoms with Crippen LogP contribution >= 0.6 is 0 Å². The molecule has 3 rings (SSSR count). The smallest absolute Gasteiger partial charge is 0.229 e. The molecule has 1 heterocycles. The maximum atomic E-state index is 8.97. The fraction of sp³-hybridized carbons (Fsp3) is 0.105. The predicted molar refractivity (Wildman–Crippen MR) is 95.0 cm³/mol. The van der Waals surface area contributed by atoms with E-state index in [0.29, 0.717) is 11.5 Å². The van der Waals surface area contributed by atoms with Crippen LogP contribution in [0.15, 0.2) is 66.9 Å². The summed E-state index contributed by atoms with van der Waals surface area (Å²) in [5.74, 6) is 1.33. The molecule has 2 aromatic carbocycles. The zero-order valence-electron chi connectivity index (χ0n) is 13.3. The number of nitrogens with zero attached hydrogens (tertiary/aromatic N) is 4.